The summed E-state index contributed by atoms with van der Waals surface area (Å²) in [5.41, 5.74) is 1.05. The molecule has 0 aliphatic heterocycles. The van der Waals surface area contributed by atoms with E-state index >= 15 is 0 Å². The van der Waals surface area contributed by atoms with Gasteiger partial charge in [-0.1, -0.05) is 24.3 Å². The van der Waals surface area contributed by atoms with Gasteiger partial charge in [0.1, 0.15) is 0 Å². The number of aromatic nitrogens is 2. The second-order valence-corrected chi connectivity index (χ2v) is 4.30. The molecular formula is C14H16N2O4. The number of unbranched alkanes of at least 4 members (excludes halogenated alkanes) is 1. The zero-order valence-electron chi connectivity index (χ0n) is 10.7. The summed E-state index contributed by atoms with van der Waals surface area (Å²) in [5.74, 6) is -0.293. The van der Waals surface area contributed by atoms with Gasteiger partial charge in [0.15, 0.2) is 23.5 Å². The zero-order chi connectivity index (χ0) is 14.5. The zero-order valence-corrected chi connectivity index (χ0v) is 10.7. The highest BCUT2D eigenvalue weighted by molar-refractivity contribution is 5.58. The number of hydrogen-bond donors (Lipinski definition) is 6. The van der Waals surface area contributed by atoms with E-state index in [0.29, 0.717) is 11.1 Å². The summed E-state index contributed by atoms with van der Waals surface area (Å²) in [6.07, 6.45) is 8.61. The van der Waals surface area contributed by atoms with Crippen molar-refractivity contribution in [2.75, 3.05) is 0 Å². The highest BCUT2D eigenvalue weighted by Crippen LogP contribution is 2.24. The molecule has 6 heteroatoms. The molecule has 0 unspecified atom stereocenters. The number of rotatable bonds is 5. The van der Waals surface area contributed by atoms with E-state index < -0.39 is 0 Å². The first-order chi connectivity index (χ1) is 9.56. The molecule has 6 N–H and O–H groups in total. The molecule has 0 bridgehead atoms. The van der Waals surface area contributed by atoms with Gasteiger partial charge in [-0.05, 0) is 12.8 Å². The first-order valence-corrected chi connectivity index (χ1v) is 6.11. The van der Waals surface area contributed by atoms with Crippen LogP contribution >= 0.6 is 0 Å². The molecule has 0 aliphatic carbocycles. The van der Waals surface area contributed by atoms with Crippen LogP contribution in [0.5, 0.6) is 23.5 Å². The van der Waals surface area contributed by atoms with Gasteiger partial charge in [-0.15, -0.1) is 0 Å². The van der Waals surface area contributed by atoms with Crippen LogP contribution in [0.15, 0.2) is 24.3 Å². The topological polar surface area (TPSA) is 112 Å². The van der Waals surface area contributed by atoms with Gasteiger partial charge < -0.3 is 20.4 Å². The van der Waals surface area contributed by atoms with Crippen LogP contribution in [0, 0.1) is 0 Å². The van der Waals surface area contributed by atoms with E-state index in [0.717, 1.165) is 12.8 Å². The Bertz CT molecular complexity index is 581. The third-order valence-electron chi connectivity index (χ3n) is 2.72. The van der Waals surface area contributed by atoms with Gasteiger partial charge in [-0.3, -0.25) is 9.97 Å². The van der Waals surface area contributed by atoms with Crippen molar-refractivity contribution in [3.05, 3.63) is 35.4 Å². The fourth-order valence-electron chi connectivity index (χ4n) is 1.76. The maximum absolute atomic E-state index is 9.38. The lowest BCUT2D eigenvalue weighted by molar-refractivity contribution is 0.424. The third kappa shape index (κ3) is 3.38. The number of hydrogen-bond acceptors (Lipinski definition) is 4. The molecule has 2 aromatic heterocycles. The average molecular weight is 276 g/mol. The van der Waals surface area contributed by atoms with E-state index in [1.807, 2.05) is 12.2 Å². The van der Waals surface area contributed by atoms with Gasteiger partial charge in [-0.2, -0.15) is 0 Å². The molecule has 0 amide bonds. The first-order valence-electron chi connectivity index (χ1n) is 6.11. The molecule has 20 heavy (non-hydrogen) atoms. The van der Waals surface area contributed by atoms with Crippen molar-refractivity contribution >= 4 is 12.2 Å². The number of aromatic hydroxyl groups is 4. The second-order valence-electron chi connectivity index (χ2n) is 4.30. The van der Waals surface area contributed by atoms with Gasteiger partial charge in [0.25, 0.3) is 0 Å². The lowest BCUT2D eigenvalue weighted by Crippen LogP contribution is -1.69. The molecule has 2 rings (SSSR count). The minimum atomic E-state index is -0.0789. The van der Waals surface area contributed by atoms with Crippen LogP contribution in [0.4, 0.5) is 0 Å². The van der Waals surface area contributed by atoms with E-state index in [9.17, 15) is 10.2 Å². The highest BCUT2D eigenvalue weighted by Gasteiger charge is 2.02. The van der Waals surface area contributed by atoms with Crippen molar-refractivity contribution in [3.8, 4) is 23.5 Å². The maximum atomic E-state index is 9.38. The van der Waals surface area contributed by atoms with Crippen LogP contribution in [0.1, 0.15) is 24.0 Å². The first kappa shape index (κ1) is 13.7. The summed E-state index contributed by atoms with van der Waals surface area (Å²) < 4.78 is 0. The summed E-state index contributed by atoms with van der Waals surface area (Å²) in [6.45, 7) is 0. The molecule has 2 aromatic rings. The van der Waals surface area contributed by atoms with Gasteiger partial charge >= 0.3 is 0 Å². The third-order valence-corrected chi connectivity index (χ3v) is 2.72. The Labute approximate surface area is 115 Å². The molecule has 0 radical (unpaired) electrons. The molecule has 6 nitrogen and oxygen atoms in total. The molecule has 0 atom stereocenters. The number of nitrogens with one attached hydrogen (secondary N) is 2. The molecule has 0 aliphatic rings. The number of aromatic amines is 2. The largest absolute Gasteiger partial charge is 0.494 e. The standard InChI is InChI=1S/C14H16N2O4/c17-11-7-9(13(19)15-11)5-3-1-2-4-6-10-8-12(18)16-14(10)20/h3-8,15-20H,1-2H2. The molecule has 0 fully saturated rings. The van der Waals surface area contributed by atoms with Gasteiger partial charge in [-0.25, -0.2) is 0 Å². The predicted octanol–water partition coefficient (Wildman–Crippen LogP) is 2.67. The number of allylic oxidation sites excluding steroid dienone is 2. The fraction of sp³-hybridized carbons (Fsp3) is 0.143. The van der Waals surface area contributed by atoms with Crippen LogP contribution in [-0.4, -0.2) is 30.4 Å². The van der Waals surface area contributed by atoms with Crippen molar-refractivity contribution in [1.82, 2.24) is 9.97 Å². The van der Waals surface area contributed by atoms with Crippen LogP contribution in [0.3, 0.4) is 0 Å². The van der Waals surface area contributed by atoms with Gasteiger partial charge in [0, 0.05) is 23.3 Å². The van der Waals surface area contributed by atoms with Crippen molar-refractivity contribution < 1.29 is 20.4 Å². The predicted molar refractivity (Wildman–Crippen MR) is 75.5 cm³/mol. The second kappa shape index (κ2) is 5.92. The maximum Gasteiger partial charge on any atom is 0.198 e. The van der Waals surface area contributed by atoms with Gasteiger partial charge in [0.2, 0.25) is 0 Å². The summed E-state index contributed by atoms with van der Waals surface area (Å²) in [6, 6.07) is 2.87. The Hall–Kier alpha value is -2.76. The van der Waals surface area contributed by atoms with Crippen LogP contribution in [-0.2, 0) is 0 Å². The Kier molecular flexibility index (Phi) is 4.05. The van der Waals surface area contributed by atoms with Crippen molar-refractivity contribution in [2.24, 2.45) is 0 Å². The molecular weight excluding hydrogens is 260 g/mol. The number of H-pyrrole nitrogens is 2. The minimum Gasteiger partial charge on any atom is -0.494 e. The fourth-order valence-corrected chi connectivity index (χ4v) is 1.76. The van der Waals surface area contributed by atoms with Crippen LogP contribution < -0.4 is 0 Å². The van der Waals surface area contributed by atoms with E-state index in [-0.39, 0.29) is 23.5 Å². The molecule has 2 heterocycles. The monoisotopic (exact) mass is 276 g/mol. The Balaban J connectivity index is 1.82. The summed E-state index contributed by atoms with van der Waals surface area (Å²) >= 11 is 0. The Morgan fingerprint density at radius 3 is 1.45 bits per heavy atom. The average Bonchev–Trinajstić information content (AvgIpc) is 2.86. The Morgan fingerprint density at radius 1 is 0.750 bits per heavy atom. The normalized spacial score (nSPS) is 11.8. The van der Waals surface area contributed by atoms with Crippen LogP contribution in [0.25, 0.3) is 12.2 Å². The van der Waals surface area contributed by atoms with E-state index in [1.165, 1.54) is 12.1 Å². The van der Waals surface area contributed by atoms with Crippen molar-refractivity contribution in [3.63, 3.8) is 0 Å². The SMILES string of the molecule is Oc1cc(C=CCCC=Cc2cc(O)[nH]c2O)c(O)[nH]1. The van der Waals surface area contributed by atoms with Crippen LogP contribution in [0.2, 0.25) is 0 Å². The Morgan fingerprint density at radius 2 is 1.15 bits per heavy atom. The van der Waals surface area contributed by atoms with E-state index in [4.69, 9.17) is 10.2 Å². The summed E-state index contributed by atoms with van der Waals surface area (Å²) in [4.78, 5) is 4.76. The van der Waals surface area contributed by atoms with Gasteiger partial charge in [0.05, 0.1) is 0 Å². The molecule has 106 valence electrons. The van der Waals surface area contributed by atoms with Crippen molar-refractivity contribution in [2.45, 2.75) is 12.8 Å². The summed E-state index contributed by atoms with van der Waals surface area (Å²) in [7, 11) is 0. The molecule has 0 saturated carbocycles. The lowest BCUT2D eigenvalue weighted by Gasteiger charge is -1.90. The lowest BCUT2D eigenvalue weighted by atomic mass is 10.2. The van der Waals surface area contributed by atoms with E-state index in [2.05, 4.69) is 9.97 Å². The smallest absolute Gasteiger partial charge is 0.198 e. The highest BCUT2D eigenvalue weighted by atomic mass is 16.3. The van der Waals surface area contributed by atoms with E-state index in [1.54, 1.807) is 12.2 Å². The molecule has 0 saturated heterocycles. The molecule has 0 spiro atoms. The van der Waals surface area contributed by atoms with Crippen molar-refractivity contribution in [1.29, 1.82) is 0 Å². The quantitative estimate of drug-likeness (QED) is 0.471. The minimum absolute atomic E-state index is 0.0676. The molecule has 0 aromatic carbocycles. The summed E-state index contributed by atoms with van der Waals surface area (Å²) in [5, 5.41) is 37.0.